The summed E-state index contributed by atoms with van der Waals surface area (Å²) >= 11 is 0. The van der Waals surface area contributed by atoms with Gasteiger partial charge < -0.3 is 15.8 Å². The van der Waals surface area contributed by atoms with Crippen molar-refractivity contribution in [2.75, 3.05) is 14.2 Å². The lowest BCUT2D eigenvalue weighted by Gasteiger charge is -2.32. The van der Waals surface area contributed by atoms with E-state index in [9.17, 15) is 4.39 Å². The number of nitrogens with one attached hydrogen (secondary N) is 1. The van der Waals surface area contributed by atoms with Gasteiger partial charge in [0.2, 0.25) is 0 Å². The molecule has 0 heterocycles. The summed E-state index contributed by atoms with van der Waals surface area (Å²) in [4.78, 5) is 0. The molecule has 3 N–H and O–H groups in total. The van der Waals surface area contributed by atoms with Gasteiger partial charge >= 0.3 is 0 Å². The van der Waals surface area contributed by atoms with Gasteiger partial charge in [-0.05, 0) is 39.1 Å². The highest BCUT2D eigenvalue weighted by Crippen LogP contribution is 2.30. The van der Waals surface area contributed by atoms with Crippen LogP contribution in [0.2, 0.25) is 0 Å². The number of rotatable bonds is 4. The highest BCUT2D eigenvalue weighted by atomic mass is 19.1. The van der Waals surface area contributed by atoms with Crippen molar-refractivity contribution in [1.29, 1.82) is 0 Å². The van der Waals surface area contributed by atoms with E-state index in [0.29, 0.717) is 11.3 Å². The van der Waals surface area contributed by atoms with Crippen LogP contribution in [0.15, 0.2) is 18.2 Å². The topological polar surface area (TPSA) is 47.3 Å². The van der Waals surface area contributed by atoms with E-state index in [1.54, 1.807) is 13.2 Å². The Morgan fingerprint density at radius 1 is 1.44 bits per heavy atom. The Balaban J connectivity index is 3.16. The van der Waals surface area contributed by atoms with E-state index < -0.39 is 0 Å². The number of hydrogen-bond acceptors (Lipinski definition) is 3. The molecule has 0 saturated carbocycles. The van der Waals surface area contributed by atoms with Crippen molar-refractivity contribution >= 4 is 0 Å². The van der Waals surface area contributed by atoms with Gasteiger partial charge in [-0.25, -0.2) is 4.39 Å². The van der Waals surface area contributed by atoms with Gasteiger partial charge in [-0.2, -0.15) is 0 Å². The Kier molecular flexibility index (Phi) is 3.88. The van der Waals surface area contributed by atoms with Crippen molar-refractivity contribution < 1.29 is 9.13 Å². The van der Waals surface area contributed by atoms with Crippen LogP contribution in [-0.2, 0) is 0 Å². The molecule has 1 atom stereocenters. The molecule has 0 amide bonds. The first-order valence-corrected chi connectivity index (χ1v) is 5.20. The van der Waals surface area contributed by atoms with E-state index in [1.807, 2.05) is 20.9 Å². The number of nitrogens with two attached hydrogens (primary N) is 1. The molecule has 3 nitrogen and oxygen atoms in total. The van der Waals surface area contributed by atoms with Gasteiger partial charge in [-0.15, -0.1) is 0 Å². The maximum Gasteiger partial charge on any atom is 0.123 e. The summed E-state index contributed by atoms with van der Waals surface area (Å²) in [6, 6.07) is 4.03. The molecule has 16 heavy (non-hydrogen) atoms. The number of hydrogen-bond donors (Lipinski definition) is 2. The molecule has 1 unspecified atom stereocenters. The van der Waals surface area contributed by atoms with Crippen LogP contribution in [0.3, 0.4) is 0 Å². The Morgan fingerprint density at radius 3 is 2.56 bits per heavy atom. The van der Waals surface area contributed by atoms with Gasteiger partial charge in [0.05, 0.1) is 13.2 Å². The molecule has 1 aromatic carbocycles. The average molecular weight is 226 g/mol. The molecule has 0 radical (unpaired) electrons. The average Bonchev–Trinajstić information content (AvgIpc) is 2.28. The summed E-state index contributed by atoms with van der Waals surface area (Å²) in [5, 5.41) is 3.11. The van der Waals surface area contributed by atoms with Crippen molar-refractivity contribution in [3.05, 3.63) is 29.6 Å². The number of ether oxygens (including phenoxy) is 1. The standard InChI is InChI=1S/C12H19FN2O/c1-12(2,15-3)11(14)9-7-8(13)5-6-10(9)16-4/h5-7,11,15H,14H2,1-4H3. The number of methoxy groups -OCH3 is 1. The van der Waals surface area contributed by atoms with E-state index in [2.05, 4.69) is 5.32 Å². The first-order chi connectivity index (χ1) is 7.42. The minimum absolute atomic E-state index is 0.307. The summed E-state index contributed by atoms with van der Waals surface area (Å²) in [5.41, 5.74) is 6.46. The van der Waals surface area contributed by atoms with Gasteiger partial charge in [0.15, 0.2) is 0 Å². The predicted octanol–water partition coefficient (Wildman–Crippen LogP) is 1.83. The molecule has 1 aromatic rings. The maximum absolute atomic E-state index is 13.2. The second-order valence-electron chi connectivity index (χ2n) is 4.34. The fourth-order valence-electron chi connectivity index (χ4n) is 1.49. The fourth-order valence-corrected chi connectivity index (χ4v) is 1.49. The second-order valence-corrected chi connectivity index (χ2v) is 4.34. The van der Waals surface area contributed by atoms with Gasteiger partial charge in [0.1, 0.15) is 11.6 Å². The van der Waals surface area contributed by atoms with E-state index >= 15 is 0 Å². The van der Waals surface area contributed by atoms with E-state index in [-0.39, 0.29) is 17.4 Å². The molecule has 0 bridgehead atoms. The van der Waals surface area contributed by atoms with Gasteiger partial charge in [0.25, 0.3) is 0 Å². The lowest BCUT2D eigenvalue weighted by atomic mass is 9.89. The lowest BCUT2D eigenvalue weighted by molar-refractivity contribution is 0.332. The largest absolute Gasteiger partial charge is 0.496 e. The van der Waals surface area contributed by atoms with Crippen LogP contribution in [0.1, 0.15) is 25.5 Å². The van der Waals surface area contributed by atoms with Crippen LogP contribution in [0.25, 0.3) is 0 Å². The van der Waals surface area contributed by atoms with Crippen LogP contribution in [0.5, 0.6) is 5.75 Å². The third-order valence-corrected chi connectivity index (χ3v) is 2.95. The van der Waals surface area contributed by atoms with Gasteiger partial charge in [-0.1, -0.05) is 0 Å². The van der Waals surface area contributed by atoms with Crippen molar-refractivity contribution in [3.63, 3.8) is 0 Å². The smallest absolute Gasteiger partial charge is 0.123 e. The summed E-state index contributed by atoms with van der Waals surface area (Å²) in [6.07, 6.45) is 0. The van der Waals surface area contributed by atoms with Gasteiger partial charge in [0, 0.05) is 11.1 Å². The molecule has 4 heteroatoms. The van der Waals surface area contributed by atoms with Crippen LogP contribution < -0.4 is 15.8 Å². The summed E-state index contributed by atoms with van der Waals surface area (Å²) in [6.45, 7) is 3.92. The molecule has 0 aromatic heterocycles. The minimum Gasteiger partial charge on any atom is -0.496 e. The molecule has 0 saturated heterocycles. The number of likely N-dealkylation sites (N-methyl/N-ethyl adjacent to an activating group) is 1. The zero-order valence-electron chi connectivity index (χ0n) is 10.2. The van der Waals surface area contributed by atoms with E-state index in [0.717, 1.165) is 0 Å². The SMILES string of the molecule is CNC(C)(C)C(N)c1cc(F)ccc1OC. The van der Waals surface area contributed by atoms with Crippen molar-refractivity contribution in [2.24, 2.45) is 5.73 Å². The molecular formula is C12H19FN2O. The van der Waals surface area contributed by atoms with Crippen molar-refractivity contribution in [2.45, 2.75) is 25.4 Å². The zero-order valence-corrected chi connectivity index (χ0v) is 10.2. The predicted molar refractivity (Wildman–Crippen MR) is 63.0 cm³/mol. The van der Waals surface area contributed by atoms with Crippen molar-refractivity contribution in [1.82, 2.24) is 5.32 Å². The number of benzene rings is 1. The molecule has 0 fully saturated rings. The molecule has 0 aliphatic rings. The molecule has 1 rings (SSSR count). The van der Waals surface area contributed by atoms with E-state index in [4.69, 9.17) is 10.5 Å². The van der Waals surface area contributed by atoms with Crippen molar-refractivity contribution in [3.8, 4) is 5.75 Å². The van der Waals surface area contributed by atoms with Crippen LogP contribution >= 0.6 is 0 Å². The summed E-state index contributed by atoms with van der Waals surface area (Å²) in [7, 11) is 3.38. The third kappa shape index (κ3) is 2.51. The van der Waals surface area contributed by atoms with Gasteiger partial charge in [-0.3, -0.25) is 0 Å². The Labute approximate surface area is 95.8 Å². The highest BCUT2D eigenvalue weighted by Gasteiger charge is 2.28. The molecule has 0 spiro atoms. The summed E-state index contributed by atoms with van der Waals surface area (Å²) in [5.74, 6) is 0.301. The zero-order chi connectivity index (χ0) is 12.3. The first kappa shape index (κ1) is 12.9. The normalized spacial score (nSPS) is 13.6. The molecule has 90 valence electrons. The fraction of sp³-hybridized carbons (Fsp3) is 0.500. The Hall–Kier alpha value is -1.13. The molecular weight excluding hydrogens is 207 g/mol. The lowest BCUT2D eigenvalue weighted by Crippen LogP contribution is -2.46. The Bertz CT molecular complexity index is 366. The Morgan fingerprint density at radius 2 is 2.06 bits per heavy atom. The quantitative estimate of drug-likeness (QED) is 0.823. The minimum atomic E-state index is -0.344. The second kappa shape index (κ2) is 4.80. The first-order valence-electron chi connectivity index (χ1n) is 5.20. The van der Waals surface area contributed by atoms with Crippen LogP contribution in [-0.4, -0.2) is 19.7 Å². The molecule has 0 aliphatic carbocycles. The summed E-state index contributed by atoms with van der Waals surface area (Å²) < 4.78 is 18.4. The third-order valence-electron chi connectivity index (χ3n) is 2.95. The highest BCUT2D eigenvalue weighted by molar-refractivity contribution is 5.38. The molecule has 0 aliphatic heterocycles. The maximum atomic E-state index is 13.2. The van der Waals surface area contributed by atoms with Crippen LogP contribution in [0, 0.1) is 5.82 Å². The number of halogens is 1. The monoisotopic (exact) mass is 226 g/mol. The van der Waals surface area contributed by atoms with Crippen LogP contribution in [0.4, 0.5) is 4.39 Å². The van der Waals surface area contributed by atoms with E-state index in [1.165, 1.54) is 12.1 Å².